The molecule has 4 nitrogen and oxygen atoms in total. The SMILES string of the molecule is COc1ccc(NC(N)=NCC2CC3CCC2C3)cc1. The first-order chi connectivity index (χ1) is 9.74. The molecule has 3 rings (SSSR count). The molecule has 108 valence electrons. The number of methoxy groups -OCH3 is 1. The number of aliphatic imine (C=N–C) groups is 1. The number of hydrogen-bond donors (Lipinski definition) is 2. The fourth-order valence-corrected chi connectivity index (χ4v) is 3.68. The van der Waals surface area contributed by atoms with Crippen molar-refractivity contribution in [1.82, 2.24) is 0 Å². The number of hydrogen-bond acceptors (Lipinski definition) is 2. The van der Waals surface area contributed by atoms with Crippen LogP contribution >= 0.6 is 0 Å². The summed E-state index contributed by atoms with van der Waals surface area (Å²) in [5, 5.41) is 3.13. The molecule has 2 aliphatic carbocycles. The molecule has 0 aliphatic heterocycles. The molecule has 2 fully saturated rings. The molecule has 2 bridgehead atoms. The summed E-state index contributed by atoms with van der Waals surface area (Å²) in [7, 11) is 1.66. The lowest BCUT2D eigenvalue weighted by Gasteiger charge is -2.19. The fourth-order valence-electron chi connectivity index (χ4n) is 3.68. The number of nitrogens with one attached hydrogen (secondary N) is 1. The van der Waals surface area contributed by atoms with Crippen LogP contribution in [0, 0.1) is 17.8 Å². The third-order valence-electron chi connectivity index (χ3n) is 4.74. The largest absolute Gasteiger partial charge is 0.497 e. The highest BCUT2D eigenvalue weighted by Crippen LogP contribution is 2.48. The molecule has 0 radical (unpaired) electrons. The second-order valence-corrected chi connectivity index (χ2v) is 6.01. The summed E-state index contributed by atoms with van der Waals surface area (Å²) in [5.41, 5.74) is 6.90. The van der Waals surface area contributed by atoms with Crippen LogP contribution in [0.25, 0.3) is 0 Å². The Labute approximate surface area is 120 Å². The van der Waals surface area contributed by atoms with Gasteiger partial charge >= 0.3 is 0 Å². The van der Waals surface area contributed by atoms with Gasteiger partial charge in [-0.2, -0.15) is 0 Å². The van der Waals surface area contributed by atoms with Crippen LogP contribution in [0.3, 0.4) is 0 Å². The molecule has 0 aromatic heterocycles. The van der Waals surface area contributed by atoms with Crippen LogP contribution in [0.1, 0.15) is 25.7 Å². The predicted molar refractivity (Wildman–Crippen MR) is 82.0 cm³/mol. The smallest absolute Gasteiger partial charge is 0.193 e. The second-order valence-electron chi connectivity index (χ2n) is 6.01. The highest BCUT2D eigenvalue weighted by molar-refractivity contribution is 5.92. The molecule has 3 N–H and O–H groups in total. The normalized spacial score (nSPS) is 28.6. The highest BCUT2D eigenvalue weighted by atomic mass is 16.5. The van der Waals surface area contributed by atoms with Crippen molar-refractivity contribution in [3.63, 3.8) is 0 Å². The van der Waals surface area contributed by atoms with Crippen molar-refractivity contribution in [2.24, 2.45) is 28.5 Å². The molecular formula is C16H23N3O. The van der Waals surface area contributed by atoms with Crippen LogP contribution in [0.5, 0.6) is 5.75 Å². The lowest BCUT2D eigenvalue weighted by atomic mass is 9.89. The molecule has 2 saturated carbocycles. The van der Waals surface area contributed by atoms with Crippen LogP contribution < -0.4 is 15.8 Å². The number of fused-ring (bicyclic) bond motifs is 2. The zero-order chi connectivity index (χ0) is 13.9. The topological polar surface area (TPSA) is 59.6 Å². The zero-order valence-corrected chi connectivity index (χ0v) is 12.0. The Kier molecular flexibility index (Phi) is 3.81. The molecule has 20 heavy (non-hydrogen) atoms. The van der Waals surface area contributed by atoms with E-state index in [-0.39, 0.29) is 0 Å². The van der Waals surface area contributed by atoms with Crippen LogP contribution in [-0.4, -0.2) is 19.6 Å². The maximum absolute atomic E-state index is 5.96. The van der Waals surface area contributed by atoms with Gasteiger partial charge in [0.2, 0.25) is 0 Å². The molecule has 3 unspecified atom stereocenters. The zero-order valence-electron chi connectivity index (χ0n) is 12.0. The quantitative estimate of drug-likeness (QED) is 0.655. The minimum atomic E-state index is 0.512. The van der Waals surface area contributed by atoms with Crippen molar-refractivity contribution in [2.75, 3.05) is 19.0 Å². The van der Waals surface area contributed by atoms with Crippen molar-refractivity contribution in [3.05, 3.63) is 24.3 Å². The summed E-state index contributed by atoms with van der Waals surface area (Å²) in [4.78, 5) is 4.51. The van der Waals surface area contributed by atoms with Gasteiger partial charge in [0.15, 0.2) is 5.96 Å². The summed E-state index contributed by atoms with van der Waals surface area (Å²) in [6.45, 7) is 0.871. The number of anilines is 1. The first-order valence-corrected chi connectivity index (χ1v) is 7.45. The summed E-state index contributed by atoms with van der Waals surface area (Å²) in [6, 6.07) is 7.70. The van der Waals surface area contributed by atoms with Crippen LogP contribution in [-0.2, 0) is 0 Å². The Hall–Kier alpha value is -1.71. The summed E-state index contributed by atoms with van der Waals surface area (Å²) >= 11 is 0. The number of nitrogens with zero attached hydrogens (tertiary/aromatic N) is 1. The van der Waals surface area contributed by atoms with Gasteiger partial charge in [-0.05, 0) is 61.3 Å². The molecule has 0 saturated heterocycles. The number of guanidine groups is 1. The van der Waals surface area contributed by atoms with Crippen molar-refractivity contribution >= 4 is 11.6 Å². The summed E-state index contributed by atoms with van der Waals surface area (Å²) in [5.74, 6) is 3.98. The lowest BCUT2D eigenvalue weighted by molar-refractivity contribution is 0.342. The molecule has 0 amide bonds. The first kappa shape index (κ1) is 13.3. The molecule has 0 spiro atoms. The monoisotopic (exact) mass is 273 g/mol. The van der Waals surface area contributed by atoms with E-state index in [0.717, 1.165) is 35.7 Å². The molecule has 2 aliphatic rings. The molecule has 1 aromatic rings. The van der Waals surface area contributed by atoms with Crippen molar-refractivity contribution in [1.29, 1.82) is 0 Å². The van der Waals surface area contributed by atoms with E-state index >= 15 is 0 Å². The van der Waals surface area contributed by atoms with Crippen molar-refractivity contribution in [3.8, 4) is 5.75 Å². The molecular weight excluding hydrogens is 250 g/mol. The van der Waals surface area contributed by atoms with Crippen LogP contribution in [0.2, 0.25) is 0 Å². The van der Waals surface area contributed by atoms with E-state index in [9.17, 15) is 0 Å². The summed E-state index contributed by atoms with van der Waals surface area (Å²) in [6.07, 6.45) is 5.61. The molecule has 3 atom stereocenters. The first-order valence-electron chi connectivity index (χ1n) is 7.45. The van der Waals surface area contributed by atoms with Crippen LogP contribution in [0.4, 0.5) is 5.69 Å². The average Bonchev–Trinajstić information content (AvgIpc) is 3.08. The maximum Gasteiger partial charge on any atom is 0.193 e. The minimum absolute atomic E-state index is 0.512. The molecule has 1 aromatic carbocycles. The fraction of sp³-hybridized carbons (Fsp3) is 0.562. The van der Waals surface area contributed by atoms with Crippen molar-refractivity contribution < 1.29 is 4.74 Å². The standard InChI is InChI=1S/C16H23N3O/c1-20-15-6-4-14(5-7-15)19-16(17)18-10-13-9-11-2-3-12(13)8-11/h4-7,11-13H,2-3,8-10H2,1H3,(H3,17,18,19). The summed E-state index contributed by atoms with van der Waals surface area (Å²) < 4.78 is 5.13. The van der Waals surface area contributed by atoms with Gasteiger partial charge in [-0.1, -0.05) is 6.42 Å². The Morgan fingerprint density at radius 1 is 1.30 bits per heavy atom. The van der Waals surface area contributed by atoms with Gasteiger partial charge in [0.05, 0.1) is 7.11 Å². The average molecular weight is 273 g/mol. The Morgan fingerprint density at radius 3 is 2.70 bits per heavy atom. The minimum Gasteiger partial charge on any atom is -0.497 e. The van der Waals surface area contributed by atoms with E-state index in [2.05, 4.69) is 10.3 Å². The van der Waals surface area contributed by atoms with Gasteiger partial charge in [-0.3, -0.25) is 4.99 Å². The predicted octanol–water partition coefficient (Wildman–Crippen LogP) is 2.86. The molecule has 4 heteroatoms. The van der Waals surface area contributed by atoms with Gasteiger partial charge in [-0.15, -0.1) is 0 Å². The highest BCUT2D eigenvalue weighted by Gasteiger charge is 2.39. The van der Waals surface area contributed by atoms with Gasteiger partial charge in [0.25, 0.3) is 0 Å². The van der Waals surface area contributed by atoms with E-state index in [1.165, 1.54) is 25.7 Å². The third kappa shape index (κ3) is 2.89. The lowest BCUT2D eigenvalue weighted by Crippen LogP contribution is -2.24. The Bertz CT molecular complexity index is 483. The maximum atomic E-state index is 5.96. The Balaban J connectivity index is 1.52. The number of nitrogens with two attached hydrogens (primary N) is 1. The number of ether oxygens (including phenoxy) is 1. The van der Waals surface area contributed by atoms with Gasteiger partial charge in [0, 0.05) is 12.2 Å². The van der Waals surface area contributed by atoms with E-state index in [1.54, 1.807) is 7.11 Å². The van der Waals surface area contributed by atoms with Crippen molar-refractivity contribution in [2.45, 2.75) is 25.7 Å². The van der Waals surface area contributed by atoms with E-state index in [4.69, 9.17) is 10.5 Å². The van der Waals surface area contributed by atoms with Crippen LogP contribution in [0.15, 0.2) is 29.3 Å². The van der Waals surface area contributed by atoms with Gasteiger partial charge in [0.1, 0.15) is 5.75 Å². The molecule has 0 heterocycles. The Morgan fingerprint density at radius 2 is 2.10 bits per heavy atom. The number of rotatable bonds is 4. The van der Waals surface area contributed by atoms with Gasteiger partial charge in [-0.25, -0.2) is 0 Å². The second kappa shape index (κ2) is 5.73. The third-order valence-corrected chi connectivity index (χ3v) is 4.74. The van der Waals surface area contributed by atoms with Gasteiger partial charge < -0.3 is 15.8 Å². The number of benzene rings is 1. The van der Waals surface area contributed by atoms with E-state index in [1.807, 2.05) is 24.3 Å². The van der Waals surface area contributed by atoms with E-state index < -0.39 is 0 Å². The van der Waals surface area contributed by atoms with E-state index in [0.29, 0.717) is 5.96 Å².